The molecule has 1 aromatic carbocycles. The normalized spacial score (nSPS) is 13.0. The van der Waals surface area contributed by atoms with Crippen LogP contribution in [0.5, 0.6) is 11.5 Å². The van der Waals surface area contributed by atoms with E-state index in [0.717, 1.165) is 23.7 Å². The van der Waals surface area contributed by atoms with Crippen molar-refractivity contribution in [1.29, 1.82) is 0 Å². The molecular weight excluding hydrogens is 326 g/mol. The molecule has 7 heteroatoms. The Labute approximate surface area is 143 Å². The zero-order chi connectivity index (χ0) is 16.4. The zero-order valence-corrected chi connectivity index (χ0v) is 14.1. The number of hydrogen-bond donors (Lipinski definition) is 0. The number of benzene rings is 1. The van der Waals surface area contributed by atoms with Crippen molar-refractivity contribution in [3.05, 3.63) is 52.4 Å². The third kappa shape index (κ3) is 3.21. The second kappa shape index (κ2) is 6.52. The van der Waals surface area contributed by atoms with Gasteiger partial charge in [-0.15, -0.1) is 21.5 Å². The molecule has 0 unspecified atom stereocenters. The second-order valence-electron chi connectivity index (χ2n) is 5.48. The molecule has 1 aliphatic rings. The third-order valence-corrected chi connectivity index (χ3v) is 4.57. The monoisotopic (exact) mass is 343 g/mol. The van der Waals surface area contributed by atoms with Crippen molar-refractivity contribution in [2.45, 2.75) is 20.0 Å². The van der Waals surface area contributed by atoms with Gasteiger partial charge in [-0.3, -0.25) is 0 Å². The van der Waals surface area contributed by atoms with E-state index in [4.69, 9.17) is 13.9 Å². The molecule has 0 saturated heterocycles. The van der Waals surface area contributed by atoms with Crippen LogP contribution in [0.2, 0.25) is 0 Å². The maximum atomic E-state index is 5.70. The van der Waals surface area contributed by atoms with Crippen molar-refractivity contribution in [3.63, 3.8) is 0 Å². The average molecular weight is 343 g/mol. The molecule has 0 N–H and O–H groups in total. The molecule has 3 aromatic rings. The lowest BCUT2D eigenvalue weighted by Gasteiger charge is -2.25. The summed E-state index contributed by atoms with van der Waals surface area (Å²) in [6.45, 7) is 4.26. The van der Waals surface area contributed by atoms with E-state index in [2.05, 4.69) is 32.6 Å². The number of hydrogen-bond acceptors (Lipinski definition) is 7. The van der Waals surface area contributed by atoms with Crippen LogP contribution in [0.1, 0.15) is 16.7 Å². The zero-order valence-electron chi connectivity index (χ0n) is 13.3. The standard InChI is InChI=1S/C17H17N3O3S/c1-12-18-19-17(23-12)11-20(10-14-3-2-8-24-14)13-4-5-15-16(9-13)22-7-6-21-15/h2-5,8-9H,6-7,10-11H2,1H3. The molecule has 24 heavy (non-hydrogen) atoms. The maximum Gasteiger partial charge on any atom is 0.235 e. The van der Waals surface area contributed by atoms with Crippen LogP contribution in [0.4, 0.5) is 5.69 Å². The second-order valence-corrected chi connectivity index (χ2v) is 6.51. The topological polar surface area (TPSA) is 60.6 Å². The molecule has 3 heterocycles. The van der Waals surface area contributed by atoms with E-state index in [0.29, 0.717) is 31.5 Å². The van der Waals surface area contributed by atoms with Gasteiger partial charge in [0.2, 0.25) is 11.8 Å². The summed E-state index contributed by atoms with van der Waals surface area (Å²) in [5.74, 6) is 2.73. The first kappa shape index (κ1) is 15.0. The van der Waals surface area contributed by atoms with Gasteiger partial charge < -0.3 is 18.8 Å². The SMILES string of the molecule is Cc1nnc(CN(Cc2cccs2)c2ccc3c(c2)OCCO3)o1. The Hall–Kier alpha value is -2.54. The fourth-order valence-corrected chi connectivity index (χ4v) is 3.34. The Bertz CT molecular complexity index is 816. The van der Waals surface area contributed by atoms with Crippen LogP contribution in [-0.4, -0.2) is 23.4 Å². The van der Waals surface area contributed by atoms with Crippen molar-refractivity contribution in [2.24, 2.45) is 0 Å². The largest absolute Gasteiger partial charge is 0.486 e. The van der Waals surface area contributed by atoms with Crippen LogP contribution in [0.3, 0.4) is 0 Å². The van der Waals surface area contributed by atoms with E-state index in [1.54, 1.807) is 18.3 Å². The van der Waals surface area contributed by atoms with Gasteiger partial charge in [-0.1, -0.05) is 6.07 Å². The summed E-state index contributed by atoms with van der Waals surface area (Å²) < 4.78 is 16.9. The van der Waals surface area contributed by atoms with Crippen molar-refractivity contribution in [1.82, 2.24) is 10.2 Å². The summed E-state index contributed by atoms with van der Waals surface area (Å²) in [6.07, 6.45) is 0. The van der Waals surface area contributed by atoms with Crippen molar-refractivity contribution in [3.8, 4) is 11.5 Å². The number of aromatic nitrogens is 2. The fourth-order valence-electron chi connectivity index (χ4n) is 2.62. The molecule has 0 spiro atoms. The van der Waals surface area contributed by atoms with Gasteiger partial charge >= 0.3 is 0 Å². The van der Waals surface area contributed by atoms with Crippen LogP contribution < -0.4 is 14.4 Å². The number of rotatable bonds is 5. The summed E-state index contributed by atoms with van der Waals surface area (Å²) in [4.78, 5) is 3.46. The number of nitrogens with zero attached hydrogens (tertiary/aromatic N) is 3. The number of ether oxygens (including phenoxy) is 2. The Morgan fingerprint density at radius 2 is 1.96 bits per heavy atom. The quantitative estimate of drug-likeness (QED) is 0.707. The van der Waals surface area contributed by atoms with E-state index >= 15 is 0 Å². The molecule has 4 rings (SSSR count). The Morgan fingerprint density at radius 1 is 1.08 bits per heavy atom. The molecule has 0 bridgehead atoms. The van der Waals surface area contributed by atoms with Gasteiger partial charge in [0.05, 0.1) is 13.1 Å². The number of aryl methyl sites for hydroxylation is 1. The minimum Gasteiger partial charge on any atom is -0.486 e. The first-order chi connectivity index (χ1) is 11.8. The van der Waals surface area contributed by atoms with E-state index in [-0.39, 0.29) is 0 Å². The molecule has 6 nitrogen and oxygen atoms in total. The van der Waals surface area contributed by atoms with Gasteiger partial charge in [0.1, 0.15) is 13.2 Å². The first-order valence-electron chi connectivity index (χ1n) is 7.74. The molecular formula is C17H17N3O3S. The molecule has 124 valence electrons. The van der Waals surface area contributed by atoms with Gasteiger partial charge in [0.25, 0.3) is 0 Å². The smallest absolute Gasteiger partial charge is 0.235 e. The lowest BCUT2D eigenvalue weighted by molar-refractivity contribution is 0.171. The molecule has 0 saturated carbocycles. The molecule has 0 aliphatic carbocycles. The molecule has 0 radical (unpaired) electrons. The minimum atomic E-state index is 0.540. The summed E-state index contributed by atoms with van der Waals surface area (Å²) in [5.41, 5.74) is 1.03. The highest BCUT2D eigenvalue weighted by Gasteiger charge is 2.17. The number of fused-ring (bicyclic) bond motifs is 1. The fraction of sp³-hybridized carbons (Fsp3) is 0.294. The summed E-state index contributed by atoms with van der Waals surface area (Å²) in [5, 5.41) is 10.1. The summed E-state index contributed by atoms with van der Waals surface area (Å²) >= 11 is 1.73. The van der Waals surface area contributed by atoms with Gasteiger partial charge in [0.15, 0.2) is 11.5 Å². The first-order valence-corrected chi connectivity index (χ1v) is 8.62. The van der Waals surface area contributed by atoms with Crippen LogP contribution >= 0.6 is 11.3 Å². The molecule has 0 amide bonds. The summed E-state index contributed by atoms with van der Waals surface area (Å²) in [7, 11) is 0. The third-order valence-electron chi connectivity index (χ3n) is 3.71. The Balaban J connectivity index is 1.63. The molecule has 0 atom stereocenters. The van der Waals surface area contributed by atoms with Gasteiger partial charge in [-0.2, -0.15) is 0 Å². The Morgan fingerprint density at radius 3 is 2.71 bits per heavy atom. The van der Waals surface area contributed by atoms with Gasteiger partial charge in [-0.05, 0) is 23.6 Å². The minimum absolute atomic E-state index is 0.540. The Kier molecular flexibility index (Phi) is 4.08. The molecule has 1 aliphatic heterocycles. The lowest BCUT2D eigenvalue weighted by atomic mass is 10.2. The van der Waals surface area contributed by atoms with Crippen molar-refractivity contribution < 1.29 is 13.9 Å². The van der Waals surface area contributed by atoms with E-state index in [9.17, 15) is 0 Å². The van der Waals surface area contributed by atoms with E-state index < -0.39 is 0 Å². The average Bonchev–Trinajstić information content (AvgIpc) is 3.26. The number of thiophene rings is 1. The van der Waals surface area contributed by atoms with E-state index in [1.807, 2.05) is 18.2 Å². The predicted octanol–water partition coefficient (Wildman–Crippen LogP) is 3.42. The number of anilines is 1. The van der Waals surface area contributed by atoms with Crippen molar-refractivity contribution >= 4 is 17.0 Å². The lowest BCUT2D eigenvalue weighted by Crippen LogP contribution is -2.22. The van der Waals surface area contributed by atoms with E-state index in [1.165, 1.54) is 4.88 Å². The van der Waals surface area contributed by atoms with Gasteiger partial charge in [0, 0.05) is 23.6 Å². The maximum absolute atomic E-state index is 5.70. The highest BCUT2D eigenvalue weighted by Crippen LogP contribution is 2.35. The highest BCUT2D eigenvalue weighted by molar-refractivity contribution is 7.09. The van der Waals surface area contributed by atoms with Gasteiger partial charge in [-0.25, -0.2) is 0 Å². The summed E-state index contributed by atoms with van der Waals surface area (Å²) in [6, 6.07) is 10.2. The van der Waals surface area contributed by atoms with Crippen LogP contribution in [0, 0.1) is 6.92 Å². The molecule has 0 fully saturated rings. The van der Waals surface area contributed by atoms with Crippen LogP contribution in [-0.2, 0) is 13.1 Å². The van der Waals surface area contributed by atoms with Crippen LogP contribution in [0.25, 0.3) is 0 Å². The molecule has 2 aromatic heterocycles. The predicted molar refractivity (Wildman–Crippen MR) is 90.7 cm³/mol. The highest BCUT2D eigenvalue weighted by atomic mass is 32.1. The van der Waals surface area contributed by atoms with Crippen molar-refractivity contribution in [2.75, 3.05) is 18.1 Å². The van der Waals surface area contributed by atoms with Crippen LogP contribution in [0.15, 0.2) is 40.1 Å².